The molecule has 1 aromatic rings. The summed E-state index contributed by atoms with van der Waals surface area (Å²) in [5.41, 5.74) is 1.02. The minimum absolute atomic E-state index is 0.177. The Hall–Kier alpha value is -0.580. The number of hydrogen-bond acceptors (Lipinski definition) is 1. The molecule has 0 amide bonds. The normalized spacial score (nSPS) is 20.3. The van der Waals surface area contributed by atoms with Gasteiger partial charge < -0.3 is 5.32 Å². The summed E-state index contributed by atoms with van der Waals surface area (Å²) >= 11 is 2.16. The van der Waals surface area contributed by atoms with Crippen molar-refractivity contribution in [3.63, 3.8) is 0 Å². The van der Waals surface area contributed by atoms with Crippen LogP contribution in [0.2, 0.25) is 0 Å². The van der Waals surface area contributed by atoms with Crippen molar-refractivity contribution in [2.75, 3.05) is 5.32 Å². The zero-order valence-corrected chi connectivity index (χ0v) is 10.5. The third kappa shape index (κ3) is 2.93. The predicted octanol–water partition coefficient (Wildman–Crippen LogP) is 3.95. The summed E-state index contributed by atoms with van der Waals surface area (Å²) < 4.78 is 13.8. The number of nitrogens with one attached hydrogen (secondary N) is 1. The van der Waals surface area contributed by atoms with E-state index >= 15 is 0 Å². The molecule has 15 heavy (non-hydrogen) atoms. The highest BCUT2D eigenvalue weighted by molar-refractivity contribution is 14.1. The molecule has 0 saturated carbocycles. The van der Waals surface area contributed by atoms with E-state index in [1.54, 1.807) is 12.1 Å². The minimum Gasteiger partial charge on any atom is -0.378 e. The van der Waals surface area contributed by atoms with Crippen LogP contribution in [0.25, 0.3) is 0 Å². The highest BCUT2D eigenvalue weighted by Gasteiger charge is 2.09. The van der Waals surface area contributed by atoms with Crippen molar-refractivity contribution in [3.05, 3.63) is 39.7 Å². The first-order chi connectivity index (χ1) is 7.25. The summed E-state index contributed by atoms with van der Waals surface area (Å²) in [6.07, 6.45) is 7.97. The van der Waals surface area contributed by atoms with Crippen LogP contribution in [0.4, 0.5) is 10.1 Å². The molecule has 0 spiro atoms. The van der Waals surface area contributed by atoms with Gasteiger partial charge in [-0.2, -0.15) is 0 Å². The topological polar surface area (TPSA) is 12.0 Å². The van der Waals surface area contributed by atoms with Crippen molar-refractivity contribution < 1.29 is 4.39 Å². The van der Waals surface area contributed by atoms with Gasteiger partial charge in [0.25, 0.3) is 0 Å². The molecule has 0 heterocycles. The van der Waals surface area contributed by atoms with E-state index < -0.39 is 0 Å². The zero-order chi connectivity index (χ0) is 10.7. The monoisotopic (exact) mass is 317 g/mol. The Morgan fingerprint density at radius 3 is 2.93 bits per heavy atom. The van der Waals surface area contributed by atoms with Crippen LogP contribution in [0.3, 0.4) is 0 Å². The Balaban J connectivity index is 2.09. The molecular formula is C12H13FIN. The molecule has 0 saturated heterocycles. The fraction of sp³-hybridized carbons (Fsp3) is 0.333. The lowest BCUT2D eigenvalue weighted by molar-refractivity contribution is 0.626. The predicted molar refractivity (Wildman–Crippen MR) is 69.5 cm³/mol. The first-order valence-corrected chi connectivity index (χ1v) is 6.22. The fourth-order valence-corrected chi connectivity index (χ4v) is 2.37. The van der Waals surface area contributed by atoms with Gasteiger partial charge in [-0.05, 0) is 60.1 Å². The van der Waals surface area contributed by atoms with Crippen LogP contribution in [-0.2, 0) is 0 Å². The van der Waals surface area contributed by atoms with Crippen molar-refractivity contribution in [2.45, 2.75) is 25.3 Å². The summed E-state index contributed by atoms with van der Waals surface area (Å²) in [5, 5.41) is 3.42. The van der Waals surface area contributed by atoms with Gasteiger partial charge in [0, 0.05) is 15.3 Å². The van der Waals surface area contributed by atoms with Gasteiger partial charge in [0.05, 0.1) is 0 Å². The van der Waals surface area contributed by atoms with Crippen LogP contribution in [0.15, 0.2) is 30.4 Å². The van der Waals surface area contributed by atoms with E-state index in [-0.39, 0.29) is 5.82 Å². The van der Waals surface area contributed by atoms with Crippen LogP contribution >= 0.6 is 22.6 Å². The van der Waals surface area contributed by atoms with E-state index in [9.17, 15) is 4.39 Å². The van der Waals surface area contributed by atoms with E-state index in [0.29, 0.717) is 6.04 Å². The number of halogens is 2. The quantitative estimate of drug-likeness (QED) is 0.643. The molecule has 1 aliphatic carbocycles. The molecular weight excluding hydrogens is 304 g/mol. The molecule has 1 aliphatic rings. The Morgan fingerprint density at radius 2 is 2.27 bits per heavy atom. The first kappa shape index (κ1) is 10.9. The van der Waals surface area contributed by atoms with Crippen molar-refractivity contribution >= 4 is 28.3 Å². The van der Waals surface area contributed by atoms with Crippen molar-refractivity contribution in [1.29, 1.82) is 0 Å². The maximum absolute atomic E-state index is 12.9. The third-order valence-electron chi connectivity index (χ3n) is 2.53. The second kappa shape index (κ2) is 4.96. The minimum atomic E-state index is -0.177. The van der Waals surface area contributed by atoms with Gasteiger partial charge in [-0.25, -0.2) is 4.39 Å². The Kier molecular flexibility index (Phi) is 3.61. The molecule has 0 radical (unpaired) electrons. The van der Waals surface area contributed by atoms with Gasteiger partial charge in [0.2, 0.25) is 0 Å². The highest BCUT2D eigenvalue weighted by Crippen LogP contribution is 2.22. The van der Waals surface area contributed by atoms with E-state index in [0.717, 1.165) is 15.7 Å². The van der Waals surface area contributed by atoms with Crippen molar-refractivity contribution in [3.8, 4) is 0 Å². The Morgan fingerprint density at radius 1 is 1.40 bits per heavy atom. The molecule has 3 heteroatoms. The summed E-state index contributed by atoms with van der Waals surface area (Å²) in [5.74, 6) is -0.177. The van der Waals surface area contributed by atoms with E-state index in [2.05, 4.69) is 40.1 Å². The molecule has 80 valence electrons. The molecule has 1 aromatic carbocycles. The number of rotatable bonds is 2. The van der Waals surface area contributed by atoms with E-state index in [1.807, 2.05) is 0 Å². The summed E-state index contributed by atoms with van der Waals surface area (Å²) in [7, 11) is 0. The second-order valence-corrected chi connectivity index (χ2v) is 4.90. The molecule has 1 nitrogen and oxygen atoms in total. The molecule has 1 N–H and O–H groups in total. The SMILES string of the molecule is Fc1ccc(NC2C=CCCC2)c(I)c1. The van der Waals surface area contributed by atoms with Crippen LogP contribution in [-0.4, -0.2) is 6.04 Å². The molecule has 1 atom stereocenters. The second-order valence-electron chi connectivity index (χ2n) is 3.73. The Labute approximate surface area is 103 Å². The van der Waals surface area contributed by atoms with E-state index in [4.69, 9.17) is 0 Å². The highest BCUT2D eigenvalue weighted by atomic mass is 127. The largest absolute Gasteiger partial charge is 0.378 e. The summed E-state index contributed by atoms with van der Waals surface area (Å²) in [6, 6.07) is 5.25. The van der Waals surface area contributed by atoms with Crippen molar-refractivity contribution in [2.24, 2.45) is 0 Å². The number of benzene rings is 1. The molecule has 0 aliphatic heterocycles. The number of anilines is 1. The molecule has 2 rings (SSSR count). The van der Waals surface area contributed by atoms with Crippen LogP contribution in [0.5, 0.6) is 0 Å². The van der Waals surface area contributed by atoms with Gasteiger partial charge in [0.1, 0.15) is 5.82 Å². The number of hydrogen-bond donors (Lipinski definition) is 1. The van der Waals surface area contributed by atoms with Gasteiger partial charge >= 0.3 is 0 Å². The molecule has 0 aromatic heterocycles. The lowest BCUT2D eigenvalue weighted by Crippen LogP contribution is -2.19. The van der Waals surface area contributed by atoms with E-state index in [1.165, 1.54) is 18.9 Å². The van der Waals surface area contributed by atoms with Gasteiger partial charge in [-0.3, -0.25) is 0 Å². The lowest BCUT2D eigenvalue weighted by atomic mass is 10.0. The number of allylic oxidation sites excluding steroid dienone is 1. The van der Waals surface area contributed by atoms with Gasteiger partial charge in [-0.15, -0.1) is 0 Å². The van der Waals surface area contributed by atoms with Gasteiger partial charge in [0.15, 0.2) is 0 Å². The standard InChI is InChI=1S/C12H13FIN/c13-9-6-7-12(11(14)8-9)15-10-4-2-1-3-5-10/h2,4,6-8,10,15H,1,3,5H2. The van der Waals surface area contributed by atoms with Crippen LogP contribution in [0, 0.1) is 9.39 Å². The average Bonchev–Trinajstić information content (AvgIpc) is 2.24. The Bertz CT molecular complexity index is 376. The maximum atomic E-state index is 12.9. The molecule has 0 fully saturated rings. The lowest BCUT2D eigenvalue weighted by Gasteiger charge is -2.20. The first-order valence-electron chi connectivity index (χ1n) is 5.14. The zero-order valence-electron chi connectivity index (χ0n) is 8.34. The fourth-order valence-electron chi connectivity index (χ4n) is 1.74. The van der Waals surface area contributed by atoms with Crippen molar-refractivity contribution in [1.82, 2.24) is 0 Å². The smallest absolute Gasteiger partial charge is 0.124 e. The van der Waals surface area contributed by atoms with Gasteiger partial charge in [-0.1, -0.05) is 12.2 Å². The maximum Gasteiger partial charge on any atom is 0.124 e. The third-order valence-corrected chi connectivity index (χ3v) is 3.42. The van der Waals surface area contributed by atoms with Crippen LogP contribution in [0.1, 0.15) is 19.3 Å². The molecule has 0 bridgehead atoms. The average molecular weight is 317 g/mol. The molecule has 1 unspecified atom stereocenters. The summed E-state index contributed by atoms with van der Waals surface area (Å²) in [4.78, 5) is 0. The van der Waals surface area contributed by atoms with Crippen LogP contribution < -0.4 is 5.32 Å². The summed E-state index contributed by atoms with van der Waals surface area (Å²) in [6.45, 7) is 0.